The van der Waals surface area contributed by atoms with Crippen LogP contribution in [0, 0.1) is 19.8 Å². The van der Waals surface area contributed by atoms with Gasteiger partial charge >= 0.3 is 0 Å². The predicted molar refractivity (Wildman–Crippen MR) is 81.6 cm³/mol. The number of hydrogen-bond donors (Lipinski definition) is 1. The first-order valence-corrected chi connectivity index (χ1v) is 7.51. The fourth-order valence-electron chi connectivity index (χ4n) is 2.68. The van der Waals surface area contributed by atoms with Gasteiger partial charge in [0.2, 0.25) is 0 Å². The zero-order chi connectivity index (χ0) is 13.9. The maximum Gasteiger partial charge on any atom is 0.0534 e. The number of nitrogens with zero attached hydrogens (tertiary/aromatic N) is 2. The van der Waals surface area contributed by atoms with Crippen molar-refractivity contribution in [3.05, 3.63) is 53.3 Å². The average molecular weight is 269 g/mol. The normalized spacial score (nSPS) is 16.3. The molecule has 1 heterocycles. The van der Waals surface area contributed by atoms with E-state index in [9.17, 15) is 0 Å². The summed E-state index contributed by atoms with van der Waals surface area (Å²) in [6, 6.07) is 9.46. The minimum absolute atomic E-state index is 0.507. The summed E-state index contributed by atoms with van der Waals surface area (Å²) in [7, 11) is 0. The van der Waals surface area contributed by atoms with Gasteiger partial charge in [-0.15, -0.1) is 0 Å². The van der Waals surface area contributed by atoms with E-state index in [4.69, 9.17) is 0 Å². The summed E-state index contributed by atoms with van der Waals surface area (Å²) in [4.78, 5) is 0. The Morgan fingerprint density at radius 3 is 2.55 bits per heavy atom. The van der Waals surface area contributed by atoms with E-state index in [1.807, 2.05) is 10.9 Å². The highest BCUT2D eigenvalue weighted by Gasteiger charge is 2.31. The van der Waals surface area contributed by atoms with Crippen LogP contribution in [0.15, 0.2) is 36.7 Å². The van der Waals surface area contributed by atoms with Gasteiger partial charge in [-0.3, -0.25) is 4.68 Å². The van der Waals surface area contributed by atoms with Gasteiger partial charge in [0.15, 0.2) is 0 Å². The minimum Gasteiger partial charge on any atom is -0.308 e. The Bertz CT molecular complexity index is 552. The number of rotatable bonds is 6. The molecule has 20 heavy (non-hydrogen) atoms. The summed E-state index contributed by atoms with van der Waals surface area (Å²) in [6.07, 6.45) is 6.72. The van der Waals surface area contributed by atoms with Gasteiger partial charge in [0.1, 0.15) is 0 Å². The van der Waals surface area contributed by atoms with Gasteiger partial charge in [-0.25, -0.2) is 0 Å². The maximum atomic E-state index is 4.33. The molecule has 0 aliphatic heterocycles. The fraction of sp³-hybridized carbons (Fsp3) is 0.471. The third-order valence-corrected chi connectivity index (χ3v) is 4.00. The highest BCUT2D eigenvalue weighted by atomic mass is 15.3. The Morgan fingerprint density at radius 1 is 1.20 bits per heavy atom. The lowest BCUT2D eigenvalue weighted by Gasteiger charge is -2.19. The van der Waals surface area contributed by atoms with Crippen LogP contribution < -0.4 is 5.32 Å². The van der Waals surface area contributed by atoms with E-state index in [0.717, 1.165) is 19.0 Å². The van der Waals surface area contributed by atoms with Crippen molar-refractivity contribution in [2.75, 3.05) is 6.54 Å². The Kier molecular flexibility index (Phi) is 3.88. The molecule has 106 valence electrons. The Morgan fingerprint density at radius 2 is 1.95 bits per heavy atom. The molecule has 1 aromatic heterocycles. The van der Waals surface area contributed by atoms with Gasteiger partial charge in [0.25, 0.3) is 0 Å². The van der Waals surface area contributed by atoms with E-state index >= 15 is 0 Å². The molecule has 1 atom stereocenters. The summed E-state index contributed by atoms with van der Waals surface area (Å²) in [6.45, 7) is 6.12. The summed E-state index contributed by atoms with van der Waals surface area (Å²) in [5, 5.41) is 8.05. The van der Waals surface area contributed by atoms with Gasteiger partial charge in [-0.05, 0) is 43.7 Å². The van der Waals surface area contributed by atoms with Crippen molar-refractivity contribution in [1.82, 2.24) is 15.1 Å². The summed E-state index contributed by atoms with van der Waals surface area (Å²) in [5.41, 5.74) is 3.98. The van der Waals surface area contributed by atoms with Crippen molar-refractivity contribution in [3.63, 3.8) is 0 Å². The van der Waals surface area contributed by atoms with Gasteiger partial charge in [-0.1, -0.05) is 29.8 Å². The molecule has 0 radical (unpaired) electrons. The first kappa shape index (κ1) is 13.4. The second-order valence-electron chi connectivity index (χ2n) is 5.96. The molecule has 1 unspecified atom stereocenters. The molecular formula is C17H23N3. The van der Waals surface area contributed by atoms with Crippen LogP contribution in [0.5, 0.6) is 0 Å². The minimum atomic E-state index is 0.507. The molecule has 3 rings (SSSR count). The van der Waals surface area contributed by atoms with Crippen molar-refractivity contribution in [2.24, 2.45) is 5.92 Å². The molecule has 1 aromatic carbocycles. The van der Waals surface area contributed by atoms with E-state index in [-0.39, 0.29) is 0 Å². The third kappa shape index (κ3) is 3.28. The second kappa shape index (κ2) is 5.80. The number of hydrogen-bond acceptors (Lipinski definition) is 2. The van der Waals surface area contributed by atoms with E-state index in [1.165, 1.54) is 29.5 Å². The number of aryl methyl sites for hydroxylation is 2. The van der Waals surface area contributed by atoms with Crippen LogP contribution in [0.1, 0.15) is 35.6 Å². The first-order valence-electron chi connectivity index (χ1n) is 7.51. The smallest absolute Gasteiger partial charge is 0.0534 e. The van der Waals surface area contributed by atoms with Crippen molar-refractivity contribution >= 4 is 0 Å². The number of nitrogens with one attached hydrogen (secondary N) is 1. The van der Waals surface area contributed by atoms with E-state index in [1.54, 1.807) is 0 Å². The largest absolute Gasteiger partial charge is 0.308 e. The lowest BCUT2D eigenvalue weighted by atomic mass is 10.0. The van der Waals surface area contributed by atoms with Crippen molar-refractivity contribution < 1.29 is 0 Å². The number of aromatic nitrogens is 2. The Labute approximate surface area is 121 Å². The summed E-state index contributed by atoms with van der Waals surface area (Å²) in [5.74, 6) is 0.817. The molecule has 1 aliphatic carbocycles. The van der Waals surface area contributed by atoms with Crippen LogP contribution in [-0.4, -0.2) is 16.3 Å². The highest BCUT2D eigenvalue weighted by Crippen LogP contribution is 2.40. The molecule has 3 heteroatoms. The average Bonchev–Trinajstić information content (AvgIpc) is 3.19. The molecule has 2 aromatic rings. The topological polar surface area (TPSA) is 29.9 Å². The second-order valence-corrected chi connectivity index (χ2v) is 5.96. The highest BCUT2D eigenvalue weighted by molar-refractivity contribution is 5.25. The molecule has 0 bridgehead atoms. The SMILES string of the molecule is Cc1ccc(C(NCCn2cc(C)cn2)C2CC2)cc1. The standard InChI is InChI=1S/C17H23N3/c1-13-3-5-15(6-4-13)17(16-7-8-16)18-9-10-20-12-14(2)11-19-20/h3-6,11-12,16-18H,7-10H2,1-2H3. The molecule has 1 fully saturated rings. The van der Waals surface area contributed by atoms with Crippen LogP contribution >= 0.6 is 0 Å². The Balaban J connectivity index is 1.59. The predicted octanol–water partition coefficient (Wildman–Crippen LogP) is 3.24. The fourth-order valence-corrected chi connectivity index (χ4v) is 2.68. The van der Waals surface area contributed by atoms with Crippen LogP contribution in [0.4, 0.5) is 0 Å². The van der Waals surface area contributed by atoms with Crippen LogP contribution in [0.25, 0.3) is 0 Å². The van der Waals surface area contributed by atoms with E-state index in [2.05, 4.69) is 54.7 Å². The molecule has 0 saturated heterocycles. The van der Waals surface area contributed by atoms with Crippen molar-refractivity contribution in [3.8, 4) is 0 Å². The van der Waals surface area contributed by atoms with Crippen LogP contribution in [0.3, 0.4) is 0 Å². The van der Waals surface area contributed by atoms with Gasteiger partial charge in [0, 0.05) is 18.8 Å². The number of benzene rings is 1. The summed E-state index contributed by atoms with van der Waals surface area (Å²) < 4.78 is 2.02. The Hall–Kier alpha value is -1.61. The lowest BCUT2D eigenvalue weighted by molar-refractivity contribution is 0.450. The van der Waals surface area contributed by atoms with E-state index < -0.39 is 0 Å². The van der Waals surface area contributed by atoms with E-state index in [0.29, 0.717) is 6.04 Å². The molecule has 0 amide bonds. The molecular weight excluding hydrogens is 246 g/mol. The lowest BCUT2D eigenvalue weighted by Crippen LogP contribution is -2.27. The van der Waals surface area contributed by atoms with Gasteiger partial charge < -0.3 is 5.32 Å². The molecule has 0 spiro atoms. The molecule has 1 aliphatic rings. The zero-order valence-corrected chi connectivity index (χ0v) is 12.3. The molecule has 1 saturated carbocycles. The van der Waals surface area contributed by atoms with Crippen LogP contribution in [-0.2, 0) is 6.54 Å². The third-order valence-electron chi connectivity index (χ3n) is 4.00. The van der Waals surface area contributed by atoms with Gasteiger partial charge in [0.05, 0.1) is 12.7 Å². The van der Waals surface area contributed by atoms with Crippen LogP contribution in [0.2, 0.25) is 0 Å². The zero-order valence-electron chi connectivity index (χ0n) is 12.3. The molecule has 1 N–H and O–H groups in total. The first-order chi connectivity index (χ1) is 9.72. The quantitative estimate of drug-likeness (QED) is 0.872. The van der Waals surface area contributed by atoms with Crippen molar-refractivity contribution in [1.29, 1.82) is 0 Å². The summed E-state index contributed by atoms with van der Waals surface area (Å²) >= 11 is 0. The van der Waals surface area contributed by atoms with Crippen molar-refractivity contribution in [2.45, 2.75) is 39.3 Å². The monoisotopic (exact) mass is 269 g/mol. The molecule has 3 nitrogen and oxygen atoms in total. The maximum absolute atomic E-state index is 4.33. The van der Waals surface area contributed by atoms with Gasteiger partial charge in [-0.2, -0.15) is 5.10 Å².